The zero-order chi connectivity index (χ0) is 10.6. The van der Waals surface area contributed by atoms with Gasteiger partial charge in [0, 0.05) is 0 Å². The maximum Gasteiger partial charge on any atom is 0.203 e. The minimum atomic E-state index is 1.26. The fraction of sp³-hybridized carbons (Fsp3) is 0. The van der Waals surface area contributed by atoms with Gasteiger partial charge in [0.25, 0.3) is 0 Å². The minimum Gasteiger partial charge on any atom is -0.452 e. The van der Waals surface area contributed by atoms with Crippen LogP contribution < -0.4 is 0 Å². The fourth-order valence-electron chi connectivity index (χ4n) is 0.487. The maximum atomic E-state index is 4.47. The van der Waals surface area contributed by atoms with Gasteiger partial charge in [-0.15, -0.1) is 10.2 Å². The van der Waals surface area contributed by atoms with Crippen molar-refractivity contribution in [2.45, 2.75) is 0 Å². The summed E-state index contributed by atoms with van der Waals surface area (Å²) in [7, 11) is 0. The zero-order valence-corrected chi connectivity index (χ0v) is 7.63. The van der Waals surface area contributed by atoms with E-state index in [4.69, 9.17) is 0 Å². The van der Waals surface area contributed by atoms with Gasteiger partial charge in [0.2, 0.25) is 12.8 Å². The summed E-state index contributed by atoms with van der Waals surface area (Å²) in [5.41, 5.74) is 0. The molecule has 3 aromatic rings. The molecule has 0 spiro atoms. The van der Waals surface area contributed by atoms with Gasteiger partial charge in [-0.25, -0.2) is 9.97 Å². The van der Waals surface area contributed by atoms with Crippen LogP contribution in [-0.2, 0) is 0 Å². The number of nitrogens with zero attached hydrogens (tertiary/aromatic N) is 4. The number of aromatic nitrogens is 4. The molecule has 78 valence electrons. The molecular formula is C8H8N4O3. The van der Waals surface area contributed by atoms with Crippen molar-refractivity contribution in [2.24, 2.45) is 0 Å². The predicted molar refractivity (Wildman–Crippen MR) is 47.3 cm³/mol. The Labute approximate surface area is 84.8 Å². The molecule has 0 N–H and O–H groups in total. The second-order valence-electron chi connectivity index (χ2n) is 1.93. The second kappa shape index (κ2) is 8.17. The molecule has 0 radical (unpaired) electrons. The van der Waals surface area contributed by atoms with Gasteiger partial charge in [0.1, 0.15) is 12.5 Å². The summed E-state index contributed by atoms with van der Waals surface area (Å²) in [6, 6.07) is 0. The lowest BCUT2D eigenvalue weighted by Gasteiger charge is -1.47. The summed E-state index contributed by atoms with van der Waals surface area (Å²) in [5, 5.41) is 6.61. The number of oxazole rings is 2. The van der Waals surface area contributed by atoms with Crippen LogP contribution in [0.1, 0.15) is 0 Å². The first kappa shape index (κ1) is 10.6. The molecule has 3 aromatic heterocycles. The lowest BCUT2D eigenvalue weighted by molar-refractivity contribution is 0.553. The van der Waals surface area contributed by atoms with Crippen molar-refractivity contribution in [1.82, 2.24) is 20.2 Å². The molecule has 3 rings (SSSR count). The van der Waals surface area contributed by atoms with Gasteiger partial charge in [-0.1, -0.05) is 0 Å². The molecule has 0 fully saturated rings. The van der Waals surface area contributed by atoms with Gasteiger partial charge in [-0.2, -0.15) is 0 Å². The second-order valence-corrected chi connectivity index (χ2v) is 1.93. The van der Waals surface area contributed by atoms with E-state index in [-0.39, 0.29) is 0 Å². The first-order chi connectivity index (χ1) is 7.50. The van der Waals surface area contributed by atoms with Crippen LogP contribution in [0.4, 0.5) is 0 Å². The van der Waals surface area contributed by atoms with Crippen LogP contribution in [0.25, 0.3) is 0 Å². The third-order valence-corrected chi connectivity index (χ3v) is 0.977. The van der Waals surface area contributed by atoms with Crippen molar-refractivity contribution in [3.63, 3.8) is 0 Å². The molecule has 0 aliphatic heterocycles. The quantitative estimate of drug-likeness (QED) is 0.551. The molecule has 15 heavy (non-hydrogen) atoms. The number of rotatable bonds is 0. The first-order valence-corrected chi connectivity index (χ1v) is 3.83. The fourth-order valence-corrected chi connectivity index (χ4v) is 0.487. The average molecular weight is 208 g/mol. The van der Waals surface area contributed by atoms with Gasteiger partial charge in [0.15, 0.2) is 12.8 Å². The molecule has 0 amide bonds. The van der Waals surface area contributed by atoms with E-state index >= 15 is 0 Å². The van der Waals surface area contributed by atoms with Crippen LogP contribution in [0, 0.1) is 0 Å². The maximum absolute atomic E-state index is 4.47. The Balaban J connectivity index is 0.000000112. The van der Waals surface area contributed by atoms with E-state index in [9.17, 15) is 0 Å². The van der Waals surface area contributed by atoms with Crippen molar-refractivity contribution in [1.29, 1.82) is 0 Å². The van der Waals surface area contributed by atoms with E-state index in [1.165, 1.54) is 38.1 Å². The molecule has 0 aliphatic carbocycles. The highest BCUT2D eigenvalue weighted by atomic mass is 16.3. The molecule has 0 bridgehead atoms. The average Bonchev–Trinajstić information content (AvgIpc) is 3.09. The number of hydrogen-bond acceptors (Lipinski definition) is 7. The van der Waals surface area contributed by atoms with E-state index in [0.29, 0.717) is 0 Å². The Hall–Kier alpha value is -2.44. The van der Waals surface area contributed by atoms with Crippen LogP contribution in [0.2, 0.25) is 0 Å². The summed E-state index contributed by atoms with van der Waals surface area (Å²) in [6.07, 6.45) is 11.5. The van der Waals surface area contributed by atoms with Crippen molar-refractivity contribution in [2.75, 3.05) is 0 Å². The summed E-state index contributed by atoms with van der Waals surface area (Å²) < 4.78 is 13.3. The smallest absolute Gasteiger partial charge is 0.203 e. The summed E-state index contributed by atoms with van der Waals surface area (Å²) in [6.45, 7) is 0. The van der Waals surface area contributed by atoms with Crippen LogP contribution in [0.3, 0.4) is 0 Å². The zero-order valence-electron chi connectivity index (χ0n) is 7.63. The number of hydrogen-bond donors (Lipinski definition) is 0. The van der Waals surface area contributed by atoms with E-state index in [1.54, 1.807) is 12.4 Å². The summed E-state index contributed by atoms with van der Waals surface area (Å²) in [4.78, 5) is 7.11. The molecule has 7 nitrogen and oxygen atoms in total. The Kier molecular flexibility index (Phi) is 5.80. The Morgan fingerprint density at radius 3 is 1.27 bits per heavy atom. The lowest BCUT2D eigenvalue weighted by Crippen LogP contribution is -1.53. The Bertz CT molecular complexity index is 254. The van der Waals surface area contributed by atoms with Gasteiger partial charge < -0.3 is 13.3 Å². The van der Waals surface area contributed by atoms with E-state index in [1.807, 2.05) is 0 Å². The Morgan fingerprint density at radius 1 is 0.600 bits per heavy atom. The normalized spacial score (nSPS) is 8.00. The summed E-state index contributed by atoms with van der Waals surface area (Å²) in [5.74, 6) is 0. The van der Waals surface area contributed by atoms with Crippen LogP contribution in [0.15, 0.2) is 63.7 Å². The largest absolute Gasteiger partial charge is 0.452 e. The molecule has 7 heteroatoms. The highest BCUT2D eigenvalue weighted by Crippen LogP contribution is 1.72. The standard InChI is InChI=1S/2C3H3NO.C2H2N2O/c2*1-2-5-3-4-1;1-3-4-2-5-1/h2*1-3H;1-2H. The highest BCUT2D eigenvalue weighted by molar-refractivity contribution is 4.57. The molecule has 0 atom stereocenters. The van der Waals surface area contributed by atoms with E-state index in [2.05, 4.69) is 33.4 Å². The first-order valence-electron chi connectivity index (χ1n) is 3.83. The third-order valence-electron chi connectivity index (χ3n) is 0.977. The van der Waals surface area contributed by atoms with Crippen molar-refractivity contribution in [3.8, 4) is 0 Å². The van der Waals surface area contributed by atoms with Crippen molar-refractivity contribution in [3.05, 3.63) is 50.5 Å². The Morgan fingerprint density at radius 2 is 1.13 bits per heavy atom. The van der Waals surface area contributed by atoms with Gasteiger partial charge in [-0.05, 0) is 0 Å². The monoisotopic (exact) mass is 208 g/mol. The third kappa shape index (κ3) is 6.70. The van der Waals surface area contributed by atoms with Crippen molar-refractivity contribution < 1.29 is 13.3 Å². The van der Waals surface area contributed by atoms with Crippen molar-refractivity contribution >= 4 is 0 Å². The van der Waals surface area contributed by atoms with Gasteiger partial charge in [-0.3, -0.25) is 0 Å². The molecule has 0 unspecified atom stereocenters. The van der Waals surface area contributed by atoms with Crippen LogP contribution >= 0.6 is 0 Å². The molecule has 3 heterocycles. The van der Waals surface area contributed by atoms with E-state index < -0.39 is 0 Å². The van der Waals surface area contributed by atoms with Crippen LogP contribution in [-0.4, -0.2) is 20.2 Å². The molecule has 0 aliphatic rings. The van der Waals surface area contributed by atoms with Gasteiger partial charge in [0.05, 0.1) is 12.4 Å². The highest BCUT2D eigenvalue weighted by Gasteiger charge is 1.61. The molecular weight excluding hydrogens is 200 g/mol. The van der Waals surface area contributed by atoms with Gasteiger partial charge >= 0.3 is 0 Å². The molecule has 0 aromatic carbocycles. The molecule has 0 saturated carbocycles. The predicted octanol–water partition coefficient (Wildman–Crippen LogP) is 1.42. The molecule has 0 saturated heterocycles. The summed E-state index contributed by atoms with van der Waals surface area (Å²) >= 11 is 0. The van der Waals surface area contributed by atoms with Crippen LogP contribution in [0.5, 0.6) is 0 Å². The van der Waals surface area contributed by atoms with E-state index in [0.717, 1.165) is 0 Å². The SMILES string of the molecule is c1cocn1.c1cocn1.c1nnco1. The minimum absolute atomic E-state index is 1.26. The topological polar surface area (TPSA) is 91.0 Å². The lowest BCUT2D eigenvalue weighted by atomic mass is 11.0.